The smallest absolute Gasteiger partial charge is 0.0896 e. The van der Waals surface area contributed by atoms with Gasteiger partial charge in [-0.2, -0.15) is 0 Å². The molecule has 0 aromatic heterocycles. The molecule has 1 aliphatic heterocycles. The Morgan fingerprint density at radius 1 is 1.31 bits per heavy atom. The lowest BCUT2D eigenvalue weighted by atomic mass is 10.2. The summed E-state index contributed by atoms with van der Waals surface area (Å²) in [6.07, 6.45) is 10.2. The third-order valence-corrected chi connectivity index (χ3v) is 2.26. The topological polar surface area (TPSA) is 6.48 Å². The molecule has 1 heterocycles. The first kappa shape index (κ1) is 10.2. The van der Waals surface area contributed by atoms with Gasteiger partial charge in [0.25, 0.3) is 0 Å². The van der Waals surface area contributed by atoms with Crippen molar-refractivity contribution >= 4 is 0 Å². The minimum Gasteiger partial charge on any atom is -0.359 e. The number of hydrogen-bond donors (Lipinski definition) is 0. The minimum absolute atomic E-state index is 0.959. The molecule has 0 saturated heterocycles. The molecule has 0 aromatic rings. The summed E-state index contributed by atoms with van der Waals surface area (Å²) in [4.78, 5) is 4.62. The first-order valence-corrected chi connectivity index (χ1v) is 5.14. The van der Waals surface area contributed by atoms with Crippen LogP contribution in [0.4, 0.5) is 0 Å². The van der Waals surface area contributed by atoms with Crippen molar-refractivity contribution in [1.29, 1.82) is 0 Å². The molecule has 0 N–H and O–H groups in total. The largest absolute Gasteiger partial charge is 0.359 e. The predicted octanol–water partition coefficient (Wildman–Crippen LogP) is 2.41. The van der Waals surface area contributed by atoms with Crippen LogP contribution >= 0.6 is 0 Å². The summed E-state index contributed by atoms with van der Waals surface area (Å²) >= 11 is 0. The molecule has 0 aliphatic carbocycles. The van der Waals surface area contributed by atoms with Crippen molar-refractivity contribution in [2.75, 3.05) is 19.8 Å². The third kappa shape index (κ3) is 3.53. The predicted molar refractivity (Wildman–Crippen MR) is 57.1 cm³/mol. The Labute approximate surface area is 81.5 Å². The molecule has 0 radical (unpaired) electrons. The SMILES string of the molecule is C=CCN1C=CN(CCCCC)C1. The van der Waals surface area contributed by atoms with E-state index in [0.29, 0.717) is 0 Å². The van der Waals surface area contributed by atoms with Crippen LogP contribution in [0.1, 0.15) is 26.2 Å². The van der Waals surface area contributed by atoms with E-state index < -0.39 is 0 Å². The molecule has 0 bridgehead atoms. The lowest BCUT2D eigenvalue weighted by molar-refractivity contribution is 0.277. The first-order valence-electron chi connectivity index (χ1n) is 5.14. The Morgan fingerprint density at radius 2 is 2.08 bits per heavy atom. The maximum Gasteiger partial charge on any atom is 0.0896 e. The van der Waals surface area contributed by atoms with Gasteiger partial charge in [0.05, 0.1) is 6.67 Å². The molecular formula is C11H20N2. The molecule has 0 fully saturated rings. The van der Waals surface area contributed by atoms with Crippen molar-refractivity contribution in [2.45, 2.75) is 26.2 Å². The average Bonchev–Trinajstić information content (AvgIpc) is 2.54. The van der Waals surface area contributed by atoms with Gasteiger partial charge in [0.15, 0.2) is 0 Å². The van der Waals surface area contributed by atoms with Gasteiger partial charge in [0, 0.05) is 25.5 Å². The van der Waals surface area contributed by atoms with Crippen LogP contribution in [0.3, 0.4) is 0 Å². The van der Waals surface area contributed by atoms with E-state index in [4.69, 9.17) is 0 Å². The molecule has 0 amide bonds. The van der Waals surface area contributed by atoms with E-state index in [1.54, 1.807) is 0 Å². The summed E-state index contributed by atoms with van der Waals surface area (Å²) in [5.41, 5.74) is 0. The van der Waals surface area contributed by atoms with Crippen molar-refractivity contribution < 1.29 is 0 Å². The molecule has 0 saturated carbocycles. The Morgan fingerprint density at radius 3 is 2.77 bits per heavy atom. The third-order valence-electron chi connectivity index (χ3n) is 2.26. The summed E-state index contributed by atoms with van der Waals surface area (Å²) in [5.74, 6) is 0. The lowest BCUT2D eigenvalue weighted by Gasteiger charge is -2.19. The molecule has 1 aliphatic rings. The summed E-state index contributed by atoms with van der Waals surface area (Å²) in [7, 11) is 0. The van der Waals surface area contributed by atoms with Crippen molar-refractivity contribution in [2.24, 2.45) is 0 Å². The van der Waals surface area contributed by atoms with Gasteiger partial charge in [0.2, 0.25) is 0 Å². The van der Waals surface area contributed by atoms with Crippen LogP contribution in [0.15, 0.2) is 25.1 Å². The molecule has 1 rings (SSSR count). The molecule has 0 aromatic carbocycles. The molecular weight excluding hydrogens is 160 g/mol. The van der Waals surface area contributed by atoms with Crippen LogP contribution in [-0.2, 0) is 0 Å². The summed E-state index contributed by atoms with van der Waals surface area (Å²) in [6, 6.07) is 0. The zero-order valence-electron chi connectivity index (χ0n) is 8.58. The fourth-order valence-electron chi connectivity index (χ4n) is 1.51. The molecule has 2 nitrogen and oxygen atoms in total. The maximum atomic E-state index is 3.73. The van der Waals surface area contributed by atoms with Crippen molar-refractivity contribution in [3.8, 4) is 0 Å². The van der Waals surface area contributed by atoms with E-state index in [-0.39, 0.29) is 0 Å². The van der Waals surface area contributed by atoms with Gasteiger partial charge >= 0.3 is 0 Å². The highest BCUT2D eigenvalue weighted by atomic mass is 15.3. The van der Waals surface area contributed by atoms with Gasteiger partial charge in [-0.05, 0) is 6.42 Å². The second-order valence-corrected chi connectivity index (χ2v) is 3.52. The van der Waals surface area contributed by atoms with Gasteiger partial charge in [-0.3, -0.25) is 0 Å². The fourth-order valence-corrected chi connectivity index (χ4v) is 1.51. The number of unbranched alkanes of at least 4 members (excludes halogenated alkanes) is 2. The number of rotatable bonds is 6. The maximum absolute atomic E-state index is 3.73. The molecule has 13 heavy (non-hydrogen) atoms. The van der Waals surface area contributed by atoms with E-state index in [0.717, 1.165) is 13.2 Å². The summed E-state index contributed by atoms with van der Waals surface area (Å²) in [6.45, 7) is 9.16. The monoisotopic (exact) mass is 180 g/mol. The Hall–Kier alpha value is -0.920. The van der Waals surface area contributed by atoms with Gasteiger partial charge < -0.3 is 9.80 Å². The standard InChI is InChI=1S/C11H20N2/c1-3-5-6-8-13-10-9-12(11-13)7-4-2/h4,9-10H,2-3,5-8,11H2,1H3. The Kier molecular flexibility index (Phi) is 4.44. The molecule has 0 unspecified atom stereocenters. The summed E-state index contributed by atoms with van der Waals surface area (Å²) < 4.78 is 0. The van der Waals surface area contributed by atoms with Gasteiger partial charge in [-0.1, -0.05) is 25.8 Å². The van der Waals surface area contributed by atoms with Crippen LogP contribution in [0, 0.1) is 0 Å². The second kappa shape index (κ2) is 5.68. The van der Waals surface area contributed by atoms with Crippen LogP contribution in [-0.4, -0.2) is 29.6 Å². The molecule has 74 valence electrons. The van der Waals surface area contributed by atoms with E-state index in [9.17, 15) is 0 Å². The highest BCUT2D eigenvalue weighted by Crippen LogP contribution is 2.07. The van der Waals surface area contributed by atoms with E-state index in [1.807, 2.05) is 6.08 Å². The first-order chi connectivity index (χ1) is 6.36. The zero-order chi connectivity index (χ0) is 9.52. The quantitative estimate of drug-likeness (QED) is 0.457. The van der Waals surface area contributed by atoms with E-state index in [2.05, 4.69) is 35.7 Å². The molecule has 0 spiro atoms. The Bertz CT molecular complexity index is 175. The van der Waals surface area contributed by atoms with Crippen LogP contribution in [0.2, 0.25) is 0 Å². The van der Waals surface area contributed by atoms with E-state index >= 15 is 0 Å². The van der Waals surface area contributed by atoms with Crippen LogP contribution in [0.25, 0.3) is 0 Å². The molecule has 0 atom stereocenters. The van der Waals surface area contributed by atoms with E-state index in [1.165, 1.54) is 25.8 Å². The second-order valence-electron chi connectivity index (χ2n) is 3.52. The van der Waals surface area contributed by atoms with Gasteiger partial charge in [0.1, 0.15) is 0 Å². The Balaban J connectivity index is 2.11. The highest BCUT2D eigenvalue weighted by molar-refractivity contribution is 4.92. The number of nitrogens with zero attached hydrogens (tertiary/aromatic N) is 2. The van der Waals surface area contributed by atoms with Crippen LogP contribution < -0.4 is 0 Å². The van der Waals surface area contributed by atoms with Crippen molar-refractivity contribution in [1.82, 2.24) is 9.80 Å². The number of hydrogen-bond acceptors (Lipinski definition) is 2. The van der Waals surface area contributed by atoms with Gasteiger partial charge in [-0.25, -0.2) is 0 Å². The van der Waals surface area contributed by atoms with Crippen molar-refractivity contribution in [3.63, 3.8) is 0 Å². The minimum atomic E-state index is 0.959. The van der Waals surface area contributed by atoms with Gasteiger partial charge in [-0.15, -0.1) is 6.58 Å². The fraction of sp³-hybridized carbons (Fsp3) is 0.636. The normalized spacial score (nSPS) is 15.5. The lowest BCUT2D eigenvalue weighted by Crippen LogP contribution is -2.26. The average molecular weight is 180 g/mol. The van der Waals surface area contributed by atoms with Crippen molar-refractivity contribution in [3.05, 3.63) is 25.1 Å². The van der Waals surface area contributed by atoms with Crippen LogP contribution in [0.5, 0.6) is 0 Å². The zero-order valence-corrected chi connectivity index (χ0v) is 8.58. The highest BCUT2D eigenvalue weighted by Gasteiger charge is 2.09. The molecule has 2 heteroatoms. The summed E-state index contributed by atoms with van der Waals surface area (Å²) in [5, 5.41) is 0.